The summed E-state index contributed by atoms with van der Waals surface area (Å²) in [4.78, 5) is 24.8. The number of hydrogen-bond acceptors (Lipinski definition) is 3. The summed E-state index contributed by atoms with van der Waals surface area (Å²) in [5.41, 5.74) is 1.37. The van der Waals surface area contributed by atoms with Gasteiger partial charge in [0.05, 0.1) is 11.3 Å². The minimum Gasteiger partial charge on any atom is -0.481 e. The Bertz CT molecular complexity index is 487. The zero-order valence-electron chi connectivity index (χ0n) is 11.3. The van der Waals surface area contributed by atoms with Crippen molar-refractivity contribution in [1.82, 2.24) is 14.7 Å². The van der Waals surface area contributed by atoms with Gasteiger partial charge in [-0.25, -0.2) is 0 Å². The monoisotopic (exact) mass is 265 g/mol. The highest BCUT2D eigenvalue weighted by atomic mass is 16.4. The topological polar surface area (TPSA) is 75.4 Å². The Morgan fingerprint density at radius 3 is 2.53 bits per heavy atom. The molecule has 1 amide bonds. The number of amides is 1. The van der Waals surface area contributed by atoms with Gasteiger partial charge < -0.3 is 10.0 Å². The third kappa shape index (κ3) is 3.13. The number of aryl methyl sites for hydroxylation is 2. The molecule has 0 aliphatic carbocycles. The van der Waals surface area contributed by atoms with E-state index in [9.17, 15) is 9.59 Å². The Balaban J connectivity index is 1.96. The van der Waals surface area contributed by atoms with Crippen molar-refractivity contribution >= 4 is 11.9 Å². The SMILES string of the molecule is Cc1nn(C)cc1C(=O)N1CCC(CC(=O)O)CC1. The van der Waals surface area contributed by atoms with Crippen LogP contribution in [0.5, 0.6) is 0 Å². The molecule has 0 bridgehead atoms. The second kappa shape index (κ2) is 5.42. The number of aliphatic carboxylic acids is 1. The molecule has 1 aromatic rings. The fourth-order valence-corrected chi connectivity index (χ4v) is 2.57. The Kier molecular flexibility index (Phi) is 3.87. The van der Waals surface area contributed by atoms with Gasteiger partial charge in [-0.15, -0.1) is 0 Å². The third-order valence-electron chi connectivity index (χ3n) is 3.61. The van der Waals surface area contributed by atoms with Crippen LogP contribution in [0.1, 0.15) is 35.3 Å². The van der Waals surface area contributed by atoms with Gasteiger partial charge in [0.1, 0.15) is 0 Å². The highest BCUT2D eigenvalue weighted by molar-refractivity contribution is 5.95. The molecule has 0 atom stereocenters. The molecule has 1 aliphatic heterocycles. The first-order valence-electron chi connectivity index (χ1n) is 6.48. The van der Waals surface area contributed by atoms with Crippen molar-refractivity contribution in [3.05, 3.63) is 17.5 Å². The highest BCUT2D eigenvalue weighted by Gasteiger charge is 2.26. The van der Waals surface area contributed by atoms with Crippen LogP contribution in [0.15, 0.2) is 6.20 Å². The van der Waals surface area contributed by atoms with E-state index in [1.54, 1.807) is 22.8 Å². The van der Waals surface area contributed by atoms with Gasteiger partial charge in [-0.2, -0.15) is 5.10 Å². The Morgan fingerprint density at radius 2 is 2.05 bits per heavy atom. The minimum atomic E-state index is -0.757. The van der Waals surface area contributed by atoms with E-state index in [-0.39, 0.29) is 18.2 Å². The van der Waals surface area contributed by atoms with Crippen LogP contribution in [-0.2, 0) is 11.8 Å². The van der Waals surface area contributed by atoms with Gasteiger partial charge in [-0.3, -0.25) is 14.3 Å². The third-order valence-corrected chi connectivity index (χ3v) is 3.61. The number of piperidine rings is 1. The van der Waals surface area contributed by atoms with E-state index in [1.807, 2.05) is 6.92 Å². The van der Waals surface area contributed by atoms with Gasteiger partial charge >= 0.3 is 5.97 Å². The fourth-order valence-electron chi connectivity index (χ4n) is 2.57. The number of rotatable bonds is 3. The Morgan fingerprint density at radius 1 is 1.42 bits per heavy atom. The first-order valence-corrected chi connectivity index (χ1v) is 6.48. The van der Waals surface area contributed by atoms with Crippen LogP contribution in [0, 0.1) is 12.8 Å². The molecule has 1 aliphatic rings. The van der Waals surface area contributed by atoms with Gasteiger partial charge in [0.25, 0.3) is 5.91 Å². The van der Waals surface area contributed by atoms with Crippen molar-refractivity contribution < 1.29 is 14.7 Å². The summed E-state index contributed by atoms with van der Waals surface area (Å²) >= 11 is 0. The first-order chi connectivity index (χ1) is 8.97. The zero-order chi connectivity index (χ0) is 14.0. The maximum atomic E-state index is 12.3. The predicted octanol–water partition coefficient (Wildman–Crippen LogP) is 1.06. The number of carbonyl (C=O) groups excluding carboxylic acids is 1. The van der Waals surface area contributed by atoms with Crippen LogP contribution >= 0.6 is 0 Å². The molecular formula is C13H19N3O3. The summed E-state index contributed by atoms with van der Waals surface area (Å²) in [5.74, 6) is -0.566. The average Bonchev–Trinajstić information content (AvgIpc) is 2.68. The number of hydrogen-bond donors (Lipinski definition) is 1. The van der Waals surface area contributed by atoms with Crippen LogP contribution in [0.25, 0.3) is 0 Å². The molecule has 1 saturated heterocycles. The van der Waals surface area contributed by atoms with E-state index in [0.717, 1.165) is 18.5 Å². The van der Waals surface area contributed by atoms with E-state index >= 15 is 0 Å². The Hall–Kier alpha value is -1.85. The number of carbonyl (C=O) groups is 2. The lowest BCUT2D eigenvalue weighted by molar-refractivity contribution is -0.138. The lowest BCUT2D eigenvalue weighted by Crippen LogP contribution is -2.39. The molecule has 6 nitrogen and oxygen atoms in total. The second-order valence-corrected chi connectivity index (χ2v) is 5.14. The molecule has 19 heavy (non-hydrogen) atoms. The second-order valence-electron chi connectivity index (χ2n) is 5.14. The molecule has 1 aromatic heterocycles. The minimum absolute atomic E-state index is 0.000579. The van der Waals surface area contributed by atoms with E-state index in [2.05, 4.69) is 5.10 Å². The molecule has 0 aromatic carbocycles. The van der Waals surface area contributed by atoms with Crippen molar-refractivity contribution in [3.8, 4) is 0 Å². The highest BCUT2D eigenvalue weighted by Crippen LogP contribution is 2.22. The fraction of sp³-hybridized carbons (Fsp3) is 0.615. The largest absolute Gasteiger partial charge is 0.481 e. The van der Waals surface area contributed by atoms with Crippen LogP contribution in [-0.4, -0.2) is 44.8 Å². The Labute approximate surface area is 112 Å². The van der Waals surface area contributed by atoms with Crippen LogP contribution in [0.3, 0.4) is 0 Å². The summed E-state index contributed by atoms with van der Waals surface area (Å²) in [6.07, 6.45) is 3.46. The summed E-state index contributed by atoms with van der Waals surface area (Å²) in [7, 11) is 1.79. The molecule has 0 radical (unpaired) electrons. The summed E-state index contributed by atoms with van der Waals surface area (Å²) in [6, 6.07) is 0. The quantitative estimate of drug-likeness (QED) is 0.886. The molecule has 6 heteroatoms. The van der Waals surface area contributed by atoms with Crippen molar-refractivity contribution in [2.45, 2.75) is 26.2 Å². The molecule has 1 N–H and O–H groups in total. The number of nitrogens with zero attached hydrogens (tertiary/aromatic N) is 3. The molecule has 2 rings (SSSR count). The van der Waals surface area contributed by atoms with Crippen LogP contribution in [0.2, 0.25) is 0 Å². The van der Waals surface area contributed by atoms with Gasteiger partial charge in [-0.1, -0.05) is 0 Å². The van der Waals surface area contributed by atoms with Crippen molar-refractivity contribution in [2.75, 3.05) is 13.1 Å². The van der Waals surface area contributed by atoms with Gasteiger partial charge in [0, 0.05) is 32.8 Å². The first kappa shape index (κ1) is 13.6. The van der Waals surface area contributed by atoms with Gasteiger partial charge in [-0.05, 0) is 25.7 Å². The molecular weight excluding hydrogens is 246 g/mol. The lowest BCUT2D eigenvalue weighted by Gasteiger charge is -2.31. The number of carboxylic acids is 1. The van der Waals surface area contributed by atoms with E-state index in [1.165, 1.54) is 0 Å². The zero-order valence-corrected chi connectivity index (χ0v) is 11.3. The lowest BCUT2D eigenvalue weighted by atomic mass is 9.93. The summed E-state index contributed by atoms with van der Waals surface area (Å²) in [5, 5.41) is 12.9. The predicted molar refractivity (Wildman–Crippen MR) is 68.8 cm³/mol. The number of likely N-dealkylation sites (tertiary alicyclic amines) is 1. The van der Waals surface area contributed by atoms with E-state index in [0.29, 0.717) is 18.7 Å². The number of carboxylic acid groups (broad SMARTS) is 1. The normalized spacial score (nSPS) is 16.6. The maximum absolute atomic E-state index is 12.3. The summed E-state index contributed by atoms with van der Waals surface area (Å²) in [6.45, 7) is 3.08. The van der Waals surface area contributed by atoms with Crippen LogP contribution < -0.4 is 0 Å². The number of aromatic nitrogens is 2. The smallest absolute Gasteiger partial charge is 0.303 e. The molecule has 0 saturated carbocycles. The molecule has 0 unspecified atom stereocenters. The maximum Gasteiger partial charge on any atom is 0.303 e. The van der Waals surface area contributed by atoms with Gasteiger partial charge in [0.2, 0.25) is 0 Å². The molecule has 2 heterocycles. The summed E-state index contributed by atoms with van der Waals surface area (Å²) < 4.78 is 1.64. The molecule has 104 valence electrons. The van der Waals surface area contributed by atoms with Crippen molar-refractivity contribution in [2.24, 2.45) is 13.0 Å². The molecule has 1 fully saturated rings. The van der Waals surface area contributed by atoms with Crippen molar-refractivity contribution in [3.63, 3.8) is 0 Å². The standard InChI is InChI=1S/C13H19N3O3/c1-9-11(8-15(2)14-9)13(19)16-5-3-10(4-6-16)7-12(17)18/h8,10H,3-7H2,1-2H3,(H,17,18). The molecule has 0 spiro atoms. The van der Waals surface area contributed by atoms with Crippen LogP contribution in [0.4, 0.5) is 0 Å². The van der Waals surface area contributed by atoms with Crippen molar-refractivity contribution in [1.29, 1.82) is 0 Å². The van der Waals surface area contributed by atoms with E-state index < -0.39 is 5.97 Å². The van der Waals surface area contributed by atoms with Gasteiger partial charge in [0.15, 0.2) is 0 Å². The average molecular weight is 265 g/mol. The van der Waals surface area contributed by atoms with E-state index in [4.69, 9.17) is 5.11 Å².